The van der Waals surface area contributed by atoms with Gasteiger partial charge in [-0.3, -0.25) is 9.80 Å². The van der Waals surface area contributed by atoms with Crippen LogP contribution in [0.25, 0.3) is 0 Å². The normalized spacial score (nSPS) is 19.7. The molecule has 21 heavy (non-hydrogen) atoms. The Morgan fingerprint density at radius 1 is 1.57 bits per heavy atom. The highest BCUT2D eigenvalue weighted by molar-refractivity contribution is 7.10. The molecule has 1 saturated heterocycles. The highest BCUT2D eigenvalue weighted by Crippen LogP contribution is 2.23. The largest absolute Gasteiger partial charge is 0.445 e. The molecule has 1 aliphatic heterocycles. The van der Waals surface area contributed by atoms with Gasteiger partial charge in [0, 0.05) is 37.2 Å². The zero-order valence-electron chi connectivity index (χ0n) is 12.1. The van der Waals surface area contributed by atoms with E-state index in [2.05, 4.69) is 31.4 Å². The maximum atomic E-state index is 6.06. The molecule has 1 aliphatic rings. The molecule has 3 heterocycles. The van der Waals surface area contributed by atoms with E-state index in [0.717, 1.165) is 49.9 Å². The Balaban J connectivity index is 1.53. The lowest BCUT2D eigenvalue weighted by Crippen LogP contribution is -2.34. The molecule has 114 valence electrons. The van der Waals surface area contributed by atoms with Crippen molar-refractivity contribution in [1.82, 2.24) is 24.4 Å². The summed E-state index contributed by atoms with van der Waals surface area (Å²) in [5.74, 6) is 1.64. The van der Waals surface area contributed by atoms with Crippen LogP contribution >= 0.6 is 23.1 Å². The molecule has 0 N–H and O–H groups in total. The zero-order chi connectivity index (χ0) is 14.8. The third-order valence-corrected chi connectivity index (χ3v) is 4.79. The minimum Gasteiger partial charge on any atom is -0.445 e. The van der Waals surface area contributed by atoms with E-state index in [1.54, 1.807) is 6.20 Å². The molecule has 2 aromatic heterocycles. The topological polar surface area (TPSA) is 58.3 Å². The second-order valence-electron chi connectivity index (χ2n) is 5.45. The van der Waals surface area contributed by atoms with Gasteiger partial charge in [-0.25, -0.2) is 4.98 Å². The van der Waals surface area contributed by atoms with E-state index >= 15 is 0 Å². The SMILES string of the molecule is Cc1cnc(CN(C)[C@@H]2CCN(Cc3nnsc3Cl)C2)o1. The van der Waals surface area contributed by atoms with Crippen molar-refractivity contribution in [2.75, 3.05) is 20.1 Å². The summed E-state index contributed by atoms with van der Waals surface area (Å²) in [5.41, 5.74) is 0.883. The molecule has 0 bridgehead atoms. The molecule has 0 amide bonds. The smallest absolute Gasteiger partial charge is 0.208 e. The monoisotopic (exact) mass is 327 g/mol. The van der Waals surface area contributed by atoms with Crippen LogP contribution in [0.4, 0.5) is 0 Å². The number of likely N-dealkylation sites (tertiary alicyclic amines) is 1. The summed E-state index contributed by atoms with van der Waals surface area (Å²) in [7, 11) is 2.12. The summed E-state index contributed by atoms with van der Waals surface area (Å²) in [4.78, 5) is 8.93. The van der Waals surface area contributed by atoms with Gasteiger partial charge >= 0.3 is 0 Å². The van der Waals surface area contributed by atoms with E-state index in [1.807, 2.05) is 6.92 Å². The first-order chi connectivity index (χ1) is 10.1. The van der Waals surface area contributed by atoms with Crippen molar-refractivity contribution in [3.63, 3.8) is 0 Å². The van der Waals surface area contributed by atoms with Crippen LogP contribution < -0.4 is 0 Å². The summed E-state index contributed by atoms with van der Waals surface area (Å²) in [6, 6.07) is 0.502. The molecule has 0 aliphatic carbocycles. The van der Waals surface area contributed by atoms with Crippen molar-refractivity contribution < 1.29 is 4.42 Å². The molecule has 2 aromatic rings. The van der Waals surface area contributed by atoms with Crippen molar-refractivity contribution in [2.24, 2.45) is 0 Å². The van der Waals surface area contributed by atoms with Gasteiger partial charge in [0.15, 0.2) is 0 Å². The second-order valence-corrected chi connectivity index (χ2v) is 6.81. The van der Waals surface area contributed by atoms with Crippen LogP contribution in [-0.2, 0) is 13.1 Å². The Hall–Kier alpha value is -1.02. The molecule has 0 spiro atoms. The summed E-state index contributed by atoms with van der Waals surface area (Å²) >= 11 is 7.31. The number of aryl methyl sites for hydroxylation is 1. The molecule has 6 nitrogen and oxygen atoms in total. The number of halogens is 1. The van der Waals surface area contributed by atoms with Crippen LogP contribution in [0, 0.1) is 6.92 Å². The Kier molecular flexibility index (Phi) is 4.54. The number of oxazole rings is 1. The average molecular weight is 328 g/mol. The Morgan fingerprint density at radius 3 is 3.10 bits per heavy atom. The standard InChI is InChI=1S/C13H18ClN5OS/c1-9-5-15-12(20-9)8-18(2)10-3-4-19(6-10)7-11-13(14)21-17-16-11/h5,10H,3-4,6-8H2,1-2H3/t10-/m1/s1. The van der Waals surface area contributed by atoms with Gasteiger partial charge in [0.05, 0.1) is 12.7 Å². The second kappa shape index (κ2) is 6.39. The fourth-order valence-corrected chi connectivity index (χ4v) is 3.25. The summed E-state index contributed by atoms with van der Waals surface area (Å²) in [6.45, 7) is 5.49. The Bertz CT molecular complexity index is 601. The fourth-order valence-electron chi connectivity index (χ4n) is 2.64. The van der Waals surface area contributed by atoms with Crippen LogP contribution in [0.2, 0.25) is 4.34 Å². The molecule has 1 atom stereocenters. The number of likely N-dealkylation sites (N-methyl/N-ethyl adjacent to an activating group) is 1. The van der Waals surface area contributed by atoms with Gasteiger partial charge in [-0.15, -0.1) is 5.10 Å². The third kappa shape index (κ3) is 3.60. The molecule has 0 radical (unpaired) electrons. The van der Waals surface area contributed by atoms with Crippen molar-refractivity contribution >= 4 is 23.1 Å². The Labute approximate surface area is 132 Å². The molecular weight excluding hydrogens is 310 g/mol. The molecular formula is C13H18ClN5OS. The predicted octanol–water partition coefficient (Wildman–Crippen LogP) is 2.19. The van der Waals surface area contributed by atoms with Gasteiger partial charge in [-0.2, -0.15) is 0 Å². The van der Waals surface area contributed by atoms with Gasteiger partial charge in [0.2, 0.25) is 5.89 Å². The summed E-state index contributed by atoms with van der Waals surface area (Å²) in [5, 5.41) is 4.08. The minimum atomic E-state index is 0.502. The van der Waals surface area contributed by atoms with Gasteiger partial charge in [0.1, 0.15) is 15.8 Å². The number of hydrogen-bond donors (Lipinski definition) is 0. The molecule has 0 unspecified atom stereocenters. The number of nitrogens with zero attached hydrogens (tertiary/aromatic N) is 5. The number of aromatic nitrogens is 3. The van der Waals surface area contributed by atoms with Crippen molar-refractivity contribution in [2.45, 2.75) is 32.5 Å². The van der Waals surface area contributed by atoms with Crippen molar-refractivity contribution in [3.05, 3.63) is 27.9 Å². The molecule has 8 heteroatoms. The minimum absolute atomic E-state index is 0.502. The summed E-state index contributed by atoms with van der Waals surface area (Å²) in [6.07, 6.45) is 2.90. The molecule has 3 rings (SSSR count). The maximum absolute atomic E-state index is 6.06. The highest BCUT2D eigenvalue weighted by atomic mass is 35.5. The van der Waals surface area contributed by atoms with Crippen molar-refractivity contribution in [3.8, 4) is 0 Å². The molecule has 1 fully saturated rings. The van der Waals surface area contributed by atoms with E-state index in [9.17, 15) is 0 Å². The van der Waals surface area contributed by atoms with Crippen LogP contribution in [-0.4, -0.2) is 50.5 Å². The van der Waals surface area contributed by atoms with Gasteiger partial charge in [0.25, 0.3) is 0 Å². The number of rotatable bonds is 5. The average Bonchev–Trinajstić information content (AvgIpc) is 3.14. The van der Waals surface area contributed by atoms with Crippen LogP contribution in [0.1, 0.15) is 23.8 Å². The first-order valence-electron chi connectivity index (χ1n) is 6.92. The fraction of sp³-hybridized carbons (Fsp3) is 0.615. The lowest BCUT2D eigenvalue weighted by Gasteiger charge is -2.23. The van der Waals surface area contributed by atoms with E-state index < -0.39 is 0 Å². The van der Waals surface area contributed by atoms with E-state index in [0.29, 0.717) is 10.4 Å². The number of hydrogen-bond acceptors (Lipinski definition) is 7. The van der Waals surface area contributed by atoms with Crippen LogP contribution in [0.5, 0.6) is 0 Å². The van der Waals surface area contributed by atoms with Crippen LogP contribution in [0.3, 0.4) is 0 Å². The predicted molar refractivity (Wildman–Crippen MR) is 81.3 cm³/mol. The Morgan fingerprint density at radius 2 is 2.43 bits per heavy atom. The van der Waals surface area contributed by atoms with Gasteiger partial charge in [-0.1, -0.05) is 16.1 Å². The summed E-state index contributed by atoms with van der Waals surface area (Å²) < 4.78 is 10.1. The zero-order valence-corrected chi connectivity index (χ0v) is 13.7. The quantitative estimate of drug-likeness (QED) is 0.839. The van der Waals surface area contributed by atoms with Gasteiger partial charge in [-0.05, 0) is 20.4 Å². The van der Waals surface area contributed by atoms with Crippen molar-refractivity contribution in [1.29, 1.82) is 0 Å². The highest BCUT2D eigenvalue weighted by Gasteiger charge is 2.27. The molecule has 0 saturated carbocycles. The maximum Gasteiger partial charge on any atom is 0.208 e. The molecule has 0 aromatic carbocycles. The third-order valence-electron chi connectivity index (χ3n) is 3.81. The van der Waals surface area contributed by atoms with Crippen LogP contribution in [0.15, 0.2) is 10.6 Å². The first kappa shape index (κ1) is 14.9. The lowest BCUT2D eigenvalue weighted by atomic mass is 10.2. The van der Waals surface area contributed by atoms with E-state index in [-0.39, 0.29) is 0 Å². The van der Waals surface area contributed by atoms with Gasteiger partial charge < -0.3 is 4.42 Å². The van der Waals surface area contributed by atoms with E-state index in [1.165, 1.54) is 11.5 Å². The first-order valence-corrected chi connectivity index (χ1v) is 8.07. The van der Waals surface area contributed by atoms with E-state index in [4.69, 9.17) is 16.0 Å². The lowest BCUT2D eigenvalue weighted by molar-refractivity contribution is 0.204.